The largest absolute Gasteiger partial charge is 0.349 e. The van der Waals surface area contributed by atoms with Gasteiger partial charge in [0, 0.05) is 25.5 Å². The maximum atomic E-state index is 11.5. The van der Waals surface area contributed by atoms with Gasteiger partial charge in [-0.3, -0.25) is 9.59 Å². The van der Waals surface area contributed by atoms with Gasteiger partial charge in [-0.05, 0) is 0 Å². The van der Waals surface area contributed by atoms with E-state index < -0.39 is 0 Å². The number of nitrogens with one attached hydrogen (secondary N) is 2. The molecule has 0 spiro atoms. The quantitative estimate of drug-likeness (QED) is 0.674. The Balaban J connectivity index is 1.74. The first kappa shape index (κ1) is 10.3. The second kappa shape index (κ2) is 4.56. The lowest BCUT2D eigenvalue weighted by molar-refractivity contribution is -0.120. The van der Waals surface area contributed by atoms with Crippen molar-refractivity contribution in [2.45, 2.75) is 13.0 Å². The number of aromatic nitrogens is 2. The highest BCUT2D eigenvalue weighted by atomic mass is 16.2. The molecule has 16 heavy (non-hydrogen) atoms. The Labute approximate surface area is 91.5 Å². The fourth-order valence-electron chi connectivity index (χ4n) is 1.31. The molecule has 7 nitrogen and oxygen atoms in total. The molecule has 1 aromatic rings. The lowest BCUT2D eigenvalue weighted by Crippen LogP contribution is -2.32. The van der Waals surface area contributed by atoms with E-state index in [9.17, 15) is 9.59 Å². The van der Waals surface area contributed by atoms with Crippen LogP contribution in [-0.2, 0) is 16.1 Å². The molecule has 0 aromatic carbocycles. The molecule has 0 atom stereocenters. The van der Waals surface area contributed by atoms with Crippen molar-refractivity contribution in [3.05, 3.63) is 18.7 Å². The molecule has 7 heteroatoms. The minimum absolute atomic E-state index is 0.0525. The maximum Gasteiger partial charge on any atom is 0.268 e. The summed E-state index contributed by atoms with van der Waals surface area (Å²) in [7, 11) is 0. The van der Waals surface area contributed by atoms with Crippen molar-refractivity contribution < 1.29 is 9.59 Å². The van der Waals surface area contributed by atoms with Crippen LogP contribution in [-0.4, -0.2) is 33.6 Å². The predicted molar refractivity (Wildman–Crippen MR) is 55.4 cm³/mol. The van der Waals surface area contributed by atoms with Gasteiger partial charge < -0.3 is 9.88 Å². The summed E-state index contributed by atoms with van der Waals surface area (Å²) in [6, 6.07) is 0. The number of amides is 2. The van der Waals surface area contributed by atoms with E-state index in [2.05, 4.69) is 20.8 Å². The Morgan fingerprint density at radius 2 is 2.50 bits per heavy atom. The zero-order valence-corrected chi connectivity index (χ0v) is 8.51. The van der Waals surface area contributed by atoms with E-state index in [4.69, 9.17) is 0 Å². The highest BCUT2D eigenvalue weighted by Crippen LogP contribution is 1.95. The van der Waals surface area contributed by atoms with Crippen LogP contribution < -0.4 is 10.7 Å². The minimum Gasteiger partial charge on any atom is -0.349 e. The van der Waals surface area contributed by atoms with E-state index in [-0.39, 0.29) is 23.9 Å². The molecular formula is C9H11N5O2. The summed E-state index contributed by atoms with van der Waals surface area (Å²) < 4.78 is 1.85. The van der Waals surface area contributed by atoms with Crippen molar-refractivity contribution >= 4 is 17.5 Å². The number of carbonyl (C=O) groups excluding carboxylic acids is 2. The van der Waals surface area contributed by atoms with E-state index >= 15 is 0 Å². The Morgan fingerprint density at radius 3 is 3.12 bits per heavy atom. The molecule has 2 N–H and O–H groups in total. The lowest BCUT2D eigenvalue weighted by Gasteiger charge is -2.04. The number of rotatable bonds is 4. The summed E-state index contributed by atoms with van der Waals surface area (Å²) in [5, 5.41) is 6.29. The molecule has 1 aliphatic heterocycles. The Bertz CT molecular complexity index is 423. The monoisotopic (exact) mass is 221 g/mol. The molecule has 2 heterocycles. The minimum atomic E-state index is -0.307. The molecule has 0 bridgehead atoms. The van der Waals surface area contributed by atoms with Crippen LogP contribution in [0.1, 0.15) is 6.42 Å². The van der Waals surface area contributed by atoms with Gasteiger partial charge in [-0.1, -0.05) is 0 Å². The summed E-state index contributed by atoms with van der Waals surface area (Å²) in [4.78, 5) is 26.1. The van der Waals surface area contributed by atoms with Crippen LogP contribution in [0.15, 0.2) is 23.8 Å². The fourth-order valence-corrected chi connectivity index (χ4v) is 1.31. The van der Waals surface area contributed by atoms with Crippen LogP contribution in [0.4, 0.5) is 0 Å². The summed E-state index contributed by atoms with van der Waals surface area (Å²) in [6.07, 6.45) is 5.21. The van der Waals surface area contributed by atoms with Crippen molar-refractivity contribution in [1.29, 1.82) is 0 Å². The second-order valence-electron chi connectivity index (χ2n) is 3.33. The molecule has 0 aliphatic carbocycles. The van der Waals surface area contributed by atoms with Crippen LogP contribution in [0.3, 0.4) is 0 Å². The summed E-state index contributed by atoms with van der Waals surface area (Å²) in [6.45, 7) is 1.11. The van der Waals surface area contributed by atoms with Crippen molar-refractivity contribution in [3.8, 4) is 0 Å². The molecule has 0 saturated heterocycles. The highest BCUT2D eigenvalue weighted by Gasteiger charge is 2.20. The average molecular weight is 221 g/mol. The third-order valence-electron chi connectivity index (χ3n) is 2.12. The summed E-state index contributed by atoms with van der Waals surface area (Å²) in [5.74, 6) is -0.557. The molecule has 84 valence electrons. The van der Waals surface area contributed by atoms with Gasteiger partial charge in [0.05, 0.1) is 12.7 Å². The number of imidazole rings is 1. The molecule has 0 saturated carbocycles. The number of hydrogen-bond acceptors (Lipinski definition) is 4. The van der Waals surface area contributed by atoms with Crippen molar-refractivity contribution in [1.82, 2.24) is 20.3 Å². The van der Waals surface area contributed by atoms with Crippen LogP contribution >= 0.6 is 0 Å². The molecule has 2 amide bonds. The summed E-state index contributed by atoms with van der Waals surface area (Å²) >= 11 is 0. The highest BCUT2D eigenvalue weighted by molar-refractivity contribution is 6.43. The topological polar surface area (TPSA) is 88.4 Å². The number of carbonyl (C=O) groups is 2. The van der Waals surface area contributed by atoms with Crippen LogP contribution in [0.5, 0.6) is 0 Å². The molecule has 1 aromatic heterocycles. The van der Waals surface area contributed by atoms with Crippen LogP contribution in [0, 0.1) is 0 Å². The molecule has 0 radical (unpaired) electrons. The van der Waals surface area contributed by atoms with Gasteiger partial charge in [0.1, 0.15) is 5.71 Å². The first-order valence-electron chi connectivity index (χ1n) is 4.85. The average Bonchev–Trinajstić information content (AvgIpc) is 2.89. The van der Waals surface area contributed by atoms with E-state index in [1.54, 1.807) is 12.5 Å². The standard InChI is InChI=1S/C9H11N5O2/c15-8-5-7(12-13-8)9(16)11-2-4-14-3-1-10-6-14/h1,3,6H,2,4-5H2,(H,11,16)(H,13,15). The lowest BCUT2D eigenvalue weighted by atomic mass is 10.2. The predicted octanol–water partition coefficient (Wildman–Crippen LogP) is -1.12. The van der Waals surface area contributed by atoms with Gasteiger partial charge in [-0.25, -0.2) is 10.4 Å². The van der Waals surface area contributed by atoms with E-state index in [1.807, 2.05) is 10.8 Å². The smallest absolute Gasteiger partial charge is 0.268 e. The Hall–Kier alpha value is -2.18. The van der Waals surface area contributed by atoms with Gasteiger partial charge in [0.2, 0.25) is 5.91 Å². The van der Waals surface area contributed by atoms with E-state index in [1.165, 1.54) is 0 Å². The molecular weight excluding hydrogens is 210 g/mol. The first-order valence-corrected chi connectivity index (χ1v) is 4.85. The SMILES string of the molecule is O=C1CC(C(=O)NCCn2ccnc2)=NN1. The summed E-state index contributed by atoms with van der Waals surface area (Å²) in [5.41, 5.74) is 2.46. The van der Waals surface area contributed by atoms with Gasteiger partial charge in [-0.2, -0.15) is 5.10 Å². The zero-order valence-electron chi connectivity index (χ0n) is 8.51. The second-order valence-corrected chi connectivity index (χ2v) is 3.33. The number of hydrogen-bond donors (Lipinski definition) is 2. The normalized spacial score (nSPS) is 14.5. The molecule has 0 unspecified atom stereocenters. The maximum absolute atomic E-state index is 11.5. The molecule has 1 aliphatic rings. The van der Waals surface area contributed by atoms with Gasteiger partial charge in [0.25, 0.3) is 5.91 Å². The van der Waals surface area contributed by atoms with Crippen molar-refractivity contribution in [2.24, 2.45) is 5.10 Å². The Morgan fingerprint density at radius 1 is 1.62 bits per heavy atom. The van der Waals surface area contributed by atoms with E-state index in [0.29, 0.717) is 13.1 Å². The van der Waals surface area contributed by atoms with Crippen molar-refractivity contribution in [2.75, 3.05) is 6.54 Å². The fraction of sp³-hybridized carbons (Fsp3) is 0.333. The van der Waals surface area contributed by atoms with Crippen molar-refractivity contribution in [3.63, 3.8) is 0 Å². The van der Waals surface area contributed by atoms with Gasteiger partial charge in [-0.15, -0.1) is 0 Å². The number of nitrogens with zero attached hydrogens (tertiary/aromatic N) is 3. The molecule has 2 rings (SSSR count). The molecule has 0 fully saturated rings. The van der Waals surface area contributed by atoms with Crippen LogP contribution in [0.25, 0.3) is 0 Å². The number of hydrazone groups is 1. The first-order chi connectivity index (χ1) is 7.75. The Kier molecular flexibility index (Phi) is 2.95. The third kappa shape index (κ3) is 2.44. The van der Waals surface area contributed by atoms with Gasteiger partial charge in [0.15, 0.2) is 0 Å². The van der Waals surface area contributed by atoms with Crippen LogP contribution in [0.2, 0.25) is 0 Å². The van der Waals surface area contributed by atoms with E-state index in [0.717, 1.165) is 0 Å². The zero-order chi connectivity index (χ0) is 11.4. The van der Waals surface area contributed by atoms with Gasteiger partial charge >= 0.3 is 0 Å². The third-order valence-corrected chi connectivity index (χ3v) is 2.12.